The number of hydrogen-bond acceptors (Lipinski definition) is 1. The van der Waals surface area contributed by atoms with Crippen molar-refractivity contribution in [1.29, 1.82) is 0 Å². The van der Waals surface area contributed by atoms with Crippen LogP contribution in [0, 0.1) is 18.9 Å². The van der Waals surface area contributed by atoms with Gasteiger partial charge in [-0.15, -0.1) is 6.92 Å². The first-order valence-electron chi connectivity index (χ1n) is 9.04. The van der Waals surface area contributed by atoms with Crippen molar-refractivity contribution in [2.24, 2.45) is 5.92 Å². The third-order valence-electron chi connectivity index (χ3n) is 5.59. The Bertz CT molecular complexity index is 768. The Balaban J connectivity index is 0.000000498. The van der Waals surface area contributed by atoms with Gasteiger partial charge in [-0.2, -0.15) is 33.9 Å². The van der Waals surface area contributed by atoms with Crippen molar-refractivity contribution in [3.8, 4) is 0 Å². The van der Waals surface area contributed by atoms with Crippen LogP contribution in [0.15, 0.2) is 51.7 Å². The second-order valence-corrected chi connectivity index (χ2v) is 7.27. The van der Waals surface area contributed by atoms with Gasteiger partial charge in [0, 0.05) is 0 Å². The Morgan fingerprint density at radius 1 is 1.15 bits per heavy atom. The largest absolute Gasteiger partial charge is 4.00 e. The zero-order chi connectivity index (χ0) is 17.3. The maximum absolute atomic E-state index is 5.54. The molecule has 0 saturated carbocycles. The molecule has 1 aromatic heterocycles. The smallest absolute Gasteiger partial charge is 1.00 e. The van der Waals surface area contributed by atoms with E-state index in [9.17, 15) is 0 Å². The molecule has 2 atom stereocenters. The second kappa shape index (κ2) is 11.5. The Morgan fingerprint density at radius 3 is 2.33 bits per heavy atom. The Kier molecular flexibility index (Phi) is 11.4. The summed E-state index contributed by atoms with van der Waals surface area (Å²) in [6.07, 6.45) is 8.88. The van der Waals surface area contributed by atoms with E-state index in [0.29, 0.717) is 11.8 Å². The summed E-state index contributed by atoms with van der Waals surface area (Å²) in [5, 5.41) is 0. The van der Waals surface area contributed by atoms with Gasteiger partial charge in [0.2, 0.25) is 0 Å². The van der Waals surface area contributed by atoms with Crippen molar-refractivity contribution in [1.82, 2.24) is 0 Å². The summed E-state index contributed by atoms with van der Waals surface area (Å²) in [7, 11) is 0. The molecule has 0 fully saturated rings. The molecule has 0 amide bonds. The van der Waals surface area contributed by atoms with Crippen molar-refractivity contribution in [2.45, 2.75) is 59.8 Å². The molecule has 0 saturated heterocycles. The maximum Gasteiger partial charge on any atom is 4.00 e. The number of hydrogen-bond donors (Lipinski definition) is 0. The van der Waals surface area contributed by atoms with Gasteiger partial charge in [0.25, 0.3) is 0 Å². The second-order valence-electron chi connectivity index (χ2n) is 7.27. The third kappa shape index (κ3) is 6.02. The van der Waals surface area contributed by atoms with E-state index < -0.39 is 0 Å². The molecule has 2 aromatic rings. The molecular weight excluding hydrogens is 454 g/mol. The Labute approximate surface area is 196 Å². The minimum absolute atomic E-state index is 0. The molecule has 27 heavy (non-hydrogen) atoms. The molecule has 1 aromatic carbocycles. The molecule has 0 spiro atoms. The summed E-state index contributed by atoms with van der Waals surface area (Å²) in [5.41, 5.74) is 8.65. The molecular formula is C23H28Cl2OZr. The van der Waals surface area contributed by atoms with Crippen LogP contribution >= 0.6 is 0 Å². The summed E-state index contributed by atoms with van der Waals surface area (Å²) in [5.74, 6) is 2.18. The van der Waals surface area contributed by atoms with Crippen molar-refractivity contribution in [3.05, 3.63) is 75.8 Å². The number of furan rings is 1. The fraction of sp³-hybridized carbons (Fsp3) is 0.435. The maximum atomic E-state index is 5.54. The fourth-order valence-electron chi connectivity index (χ4n) is 3.88. The molecule has 0 bridgehead atoms. The van der Waals surface area contributed by atoms with Crippen LogP contribution in [0.3, 0.4) is 0 Å². The monoisotopic (exact) mass is 480 g/mol. The minimum Gasteiger partial charge on any atom is -1.00 e. The van der Waals surface area contributed by atoms with Crippen molar-refractivity contribution < 1.29 is 55.4 Å². The van der Waals surface area contributed by atoms with Crippen LogP contribution in [0.1, 0.15) is 68.9 Å². The van der Waals surface area contributed by atoms with Gasteiger partial charge < -0.3 is 29.2 Å². The van der Waals surface area contributed by atoms with E-state index in [1.165, 1.54) is 52.7 Å². The van der Waals surface area contributed by atoms with E-state index in [1.54, 1.807) is 6.26 Å². The molecule has 2 aliphatic rings. The zero-order valence-electron chi connectivity index (χ0n) is 16.8. The average Bonchev–Trinajstić information content (AvgIpc) is 3.25. The first-order chi connectivity index (χ1) is 11.5. The molecule has 0 N–H and O–H groups in total. The third-order valence-corrected chi connectivity index (χ3v) is 5.59. The van der Waals surface area contributed by atoms with Gasteiger partial charge in [0.05, 0.1) is 12.0 Å². The normalized spacial score (nSPS) is 20.3. The van der Waals surface area contributed by atoms with E-state index in [0.717, 1.165) is 5.76 Å². The summed E-state index contributed by atoms with van der Waals surface area (Å²) < 4.78 is 5.54. The standard InChI is InChI=1S/C14H15O.C9H13.2ClH.Zr/c1-10-8-11-4-2-5-12(13(11)9-10)14-6-3-7-15-14;1-6-5-7(2)9(4)8(6)3;;;/h3,6-9,12H,2,4-5H2,1H3;6H,1-4H3;2*1H;/q2*-1;;;+4/p-2. The number of aryl methyl sites for hydroxylation is 2. The Morgan fingerprint density at radius 2 is 1.85 bits per heavy atom. The van der Waals surface area contributed by atoms with Gasteiger partial charge in [0.1, 0.15) is 0 Å². The van der Waals surface area contributed by atoms with Crippen LogP contribution in [0.4, 0.5) is 0 Å². The summed E-state index contributed by atoms with van der Waals surface area (Å²) in [6, 6.07) is 8.73. The SMILES string of the molecule is CC1=[C-]C(C)C(C)=C1C.Cc1cc2c([cH-]1)CCCC2c1ccco1.[Cl-].[Cl-].[Zr+4]. The predicted molar refractivity (Wildman–Crippen MR) is 100 cm³/mol. The first kappa shape index (κ1) is 26.6. The number of allylic oxidation sites excluding steroid dienone is 4. The van der Waals surface area contributed by atoms with Crippen LogP contribution in [0.5, 0.6) is 0 Å². The van der Waals surface area contributed by atoms with Gasteiger partial charge in [-0.05, 0) is 18.1 Å². The van der Waals surface area contributed by atoms with E-state index in [2.05, 4.69) is 58.9 Å². The van der Waals surface area contributed by atoms with Crippen molar-refractivity contribution in [2.75, 3.05) is 0 Å². The van der Waals surface area contributed by atoms with Gasteiger partial charge >= 0.3 is 26.2 Å². The minimum atomic E-state index is 0. The molecule has 144 valence electrons. The molecule has 2 aliphatic carbocycles. The molecule has 4 heteroatoms. The van der Waals surface area contributed by atoms with E-state index in [-0.39, 0.29) is 51.0 Å². The molecule has 1 nitrogen and oxygen atoms in total. The fourth-order valence-corrected chi connectivity index (χ4v) is 3.88. The Hall–Kier alpha value is -0.427. The van der Waals surface area contributed by atoms with E-state index >= 15 is 0 Å². The molecule has 1 heterocycles. The number of halogens is 2. The summed E-state index contributed by atoms with van der Waals surface area (Å²) in [6.45, 7) is 10.8. The van der Waals surface area contributed by atoms with Crippen LogP contribution in [0.2, 0.25) is 0 Å². The van der Waals surface area contributed by atoms with E-state index in [1.807, 2.05) is 6.07 Å². The number of fused-ring (bicyclic) bond motifs is 1. The quantitative estimate of drug-likeness (QED) is 0.540. The summed E-state index contributed by atoms with van der Waals surface area (Å²) >= 11 is 0. The average molecular weight is 483 g/mol. The zero-order valence-corrected chi connectivity index (χ0v) is 20.8. The molecule has 2 unspecified atom stereocenters. The van der Waals surface area contributed by atoms with Crippen LogP contribution in [-0.4, -0.2) is 0 Å². The summed E-state index contributed by atoms with van der Waals surface area (Å²) in [4.78, 5) is 0. The van der Waals surface area contributed by atoms with Gasteiger partial charge in [0.15, 0.2) is 0 Å². The molecule has 4 rings (SSSR count). The topological polar surface area (TPSA) is 13.1 Å². The van der Waals surface area contributed by atoms with Gasteiger partial charge in [-0.25, -0.2) is 11.6 Å². The number of rotatable bonds is 1. The van der Waals surface area contributed by atoms with Crippen LogP contribution in [-0.2, 0) is 32.6 Å². The van der Waals surface area contributed by atoms with Gasteiger partial charge in [-0.3, -0.25) is 6.08 Å². The van der Waals surface area contributed by atoms with Crippen molar-refractivity contribution in [3.63, 3.8) is 0 Å². The van der Waals surface area contributed by atoms with E-state index in [4.69, 9.17) is 4.42 Å². The van der Waals surface area contributed by atoms with Gasteiger partial charge in [-0.1, -0.05) is 52.9 Å². The molecule has 0 radical (unpaired) electrons. The predicted octanol–water partition coefficient (Wildman–Crippen LogP) is 0.503. The molecule has 0 aliphatic heterocycles. The first-order valence-corrected chi connectivity index (χ1v) is 9.04. The van der Waals surface area contributed by atoms with Crippen LogP contribution in [0.25, 0.3) is 0 Å². The van der Waals surface area contributed by atoms with Crippen molar-refractivity contribution >= 4 is 0 Å². The van der Waals surface area contributed by atoms with Crippen LogP contribution < -0.4 is 24.8 Å².